The van der Waals surface area contributed by atoms with Gasteiger partial charge in [-0.3, -0.25) is 9.59 Å². The maximum Gasteiger partial charge on any atom is 0.224 e. The highest BCUT2D eigenvalue weighted by Crippen LogP contribution is 2.38. The predicted molar refractivity (Wildman–Crippen MR) is 105 cm³/mol. The second kappa shape index (κ2) is 9.78. The third kappa shape index (κ3) is 6.01. The number of halogens is 1. The quantitative estimate of drug-likeness (QED) is 0.710. The van der Waals surface area contributed by atoms with Crippen molar-refractivity contribution in [3.05, 3.63) is 23.8 Å². The molecule has 2 rings (SSSR count). The second-order valence-corrected chi connectivity index (χ2v) is 6.92. The van der Waals surface area contributed by atoms with Crippen LogP contribution in [0.1, 0.15) is 57.4 Å². The van der Waals surface area contributed by atoms with Gasteiger partial charge < -0.3 is 16.4 Å². The van der Waals surface area contributed by atoms with Crippen molar-refractivity contribution in [1.29, 1.82) is 0 Å². The van der Waals surface area contributed by atoms with Gasteiger partial charge in [-0.1, -0.05) is 32.3 Å². The van der Waals surface area contributed by atoms with Gasteiger partial charge in [0.05, 0.1) is 0 Å². The highest BCUT2D eigenvalue weighted by Gasteiger charge is 2.33. The van der Waals surface area contributed by atoms with E-state index in [1.54, 1.807) is 0 Å². The first-order valence-electron chi connectivity index (χ1n) is 8.88. The van der Waals surface area contributed by atoms with E-state index in [0.717, 1.165) is 36.9 Å². The van der Waals surface area contributed by atoms with Crippen molar-refractivity contribution < 1.29 is 9.59 Å². The molecule has 0 heterocycles. The number of anilines is 2. The van der Waals surface area contributed by atoms with Gasteiger partial charge >= 0.3 is 0 Å². The Balaban J connectivity index is 0.00000312. The van der Waals surface area contributed by atoms with Crippen LogP contribution >= 0.6 is 12.4 Å². The molecule has 0 aromatic heterocycles. The Labute approximate surface area is 156 Å². The molecule has 1 aliphatic carbocycles. The normalized spacial score (nSPS) is 15.8. The highest BCUT2D eigenvalue weighted by molar-refractivity contribution is 5.94. The smallest absolute Gasteiger partial charge is 0.224 e. The fraction of sp³-hybridized carbons (Fsp3) is 0.579. The first-order chi connectivity index (χ1) is 11.5. The van der Waals surface area contributed by atoms with Crippen molar-refractivity contribution in [1.82, 2.24) is 0 Å². The lowest BCUT2D eigenvalue weighted by molar-refractivity contribution is -0.119. The topological polar surface area (TPSA) is 84.2 Å². The lowest BCUT2D eigenvalue weighted by atomic mass is 9.71. The molecular weight excluding hydrogens is 338 g/mol. The van der Waals surface area contributed by atoms with Gasteiger partial charge in [-0.15, -0.1) is 12.4 Å². The molecule has 1 aromatic carbocycles. The molecule has 0 atom stereocenters. The van der Waals surface area contributed by atoms with Crippen molar-refractivity contribution >= 4 is 35.6 Å². The van der Waals surface area contributed by atoms with Gasteiger partial charge in [0.15, 0.2) is 0 Å². The number of carbonyl (C=O) groups is 2. The van der Waals surface area contributed by atoms with Crippen molar-refractivity contribution in [3.63, 3.8) is 0 Å². The van der Waals surface area contributed by atoms with Gasteiger partial charge in [-0.05, 0) is 49.4 Å². The molecule has 0 saturated heterocycles. The van der Waals surface area contributed by atoms with E-state index in [9.17, 15) is 9.59 Å². The highest BCUT2D eigenvalue weighted by atomic mass is 35.5. The Kier molecular flexibility index (Phi) is 8.39. The summed E-state index contributed by atoms with van der Waals surface area (Å²) in [5.74, 6) is -0.0372. The predicted octanol–water partition coefficient (Wildman–Crippen LogP) is 4.00. The van der Waals surface area contributed by atoms with Crippen LogP contribution in [0.15, 0.2) is 18.2 Å². The molecule has 0 unspecified atom stereocenters. The Morgan fingerprint density at radius 3 is 2.40 bits per heavy atom. The Morgan fingerprint density at radius 2 is 1.80 bits per heavy atom. The maximum atomic E-state index is 12.5. The monoisotopic (exact) mass is 367 g/mol. The fourth-order valence-electron chi connectivity index (χ4n) is 3.37. The van der Waals surface area contributed by atoms with Gasteiger partial charge in [-0.2, -0.15) is 0 Å². The zero-order valence-corrected chi connectivity index (χ0v) is 16.0. The van der Waals surface area contributed by atoms with Crippen LogP contribution in [0.5, 0.6) is 0 Å². The average Bonchev–Trinajstić information content (AvgIpc) is 2.58. The van der Waals surface area contributed by atoms with Crippen LogP contribution in [-0.2, 0) is 9.59 Å². The molecule has 1 saturated carbocycles. The van der Waals surface area contributed by atoms with Crippen molar-refractivity contribution in [2.75, 3.05) is 17.2 Å². The number of hydrogen-bond acceptors (Lipinski definition) is 3. The minimum Gasteiger partial charge on any atom is -0.330 e. The summed E-state index contributed by atoms with van der Waals surface area (Å²) in [6.07, 6.45) is 6.50. The van der Waals surface area contributed by atoms with E-state index in [1.165, 1.54) is 6.42 Å². The van der Waals surface area contributed by atoms with E-state index < -0.39 is 0 Å². The summed E-state index contributed by atoms with van der Waals surface area (Å²) in [5, 5.41) is 5.82. The number of benzene rings is 1. The van der Waals surface area contributed by atoms with Gasteiger partial charge in [0.1, 0.15) is 0 Å². The van der Waals surface area contributed by atoms with E-state index in [-0.39, 0.29) is 29.6 Å². The lowest BCUT2D eigenvalue weighted by Gasteiger charge is -2.35. The Morgan fingerprint density at radius 1 is 1.12 bits per heavy atom. The molecular formula is C19H30ClN3O2. The van der Waals surface area contributed by atoms with E-state index in [1.807, 2.05) is 32.0 Å². The third-order valence-electron chi connectivity index (χ3n) is 5.00. The van der Waals surface area contributed by atoms with E-state index >= 15 is 0 Å². The zero-order valence-electron chi connectivity index (χ0n) is 15.2. The molecule has 0 radical (unpaired) electrons. The number of carbonyl (C=O) groups excluding carboxylic acids is 2. The van der Waals surface area contributed by atoms with Crippen LogP contribution in [0.25, 0.3) is 0 Å². The molecule has 5 nitrogen and oxygen atoms in total. The summed E-state index contributed by atoms with van der Waals surface area (Å²) in [6, 6.07) is 5.57. The zero-order chi connectivity index (χ0) is 17.6. The van der Waals surface area contributed by atoms with E-state index in [0.29, 0.717) is 25.1 Å². The Bertz CT molecular complexity index is 598. The first-order valence-corrected chi connectivity index (χ1v) is 8.88. The number of nitrogens with one attached hydrogen (secondary N) is 2. The van der Waals surface area contributed by atoms with Crippen LogP contribution in [0.3, 0.4) is 0 Å². The summed E-state index contributed by atoms with van der Waals surface area (Å²) in [6.45, 7) is 4.31. The molecule has 0 aliphatic heterocycles. The molecule has 1 aliphatic rings. The first kappa shape index (κ1) is 21.5. The summed E-state index contributed by atoms with van der Waals surface area (Å²) in [4.78, 5) is 24.1. The number of nitrogens with two attached hydrogens (primary N) is 1. The number of rotatable bonds is 6. The molecule has 0 spiro atoms. The Hall–Kier alpha value is -1.59. The van der Waals surface area contributed by atoms with Crippen LogP contribution in [0, 0.1) is 12.3 Å². The van der Waals surface area contributed by atoms with Gasteiger partial charge in [0, 0.05) is 24.2 Å². The van der Waals surface area contributed by atoms with Crippen molar-refractivity contribution in [3.8, 4) is 0 Å². The molecule has 2 amide bonds. The molecule has 0 bridgehead atoms. The summed E-state index contributed by atoms with van der Waals surface area (Å²) in [7, 11) is 0. The lowest BCUT2D eigenvalue weighted by Crippen LogP contribution is -2.36. The average molecular weight is 368 g/mol. The van der Waals surface area contributed by atoms with Crippen LogP contribution in [0.2, 0.25) is 0 Å². The molecule has 140 valence electrons. The van der Waals surface area contributed by atoms with E-state index in [2.05, 4.69) is 10.6 Å². The number of hydrogen-bond donors (Lipinski definition) is 3. The van der Waals surface area contributed by atoms with Crippen LogP contribution in [0.4, 0.5) is 11.4 Å². The second-order valence-electron chi connectivity index (χ2n) is 6.92. The summed E-state index contributed by atoms with van der Waals surface area (Å²) >= 11 is 0. The largest absolute Gasteiger partial charge is 0.330 e. The van der Waals surface area contributed by atoms with E-state index in [4.69, 9.17) is 5.73 Å². The summed E-state index contributed by atoms with van der Waals surface area (Å²) < 4.78 is 0. The minimum atomic E-state index is -0.0513. The SMILES string of the molecule is CCC(=O)Nc1ccc(C)c(NC(=O)CC2(CN)CCCCC2)c1.Cl. The maximum absolute atomic E-state index is 12.5. The van der Waals surface area contributed by atoms with Crippen LogP contribution < -0.4 is 16.4 Å². The van der Waals surface area contributed by atoms with Crippen molar-refractivity contribution in [2.45, 2.75) is 58.8 Å². The molecule has 1 fully saturated rings. The minimum absolute atomic E-state index is 0. The number of amides is 2. The molecule has 25 heavy (non-hydrogen) atoms. The molecule has 6 heteroatoms. The summed E-state index contributed by atoms with van der Waals surface area (Å²) in [5.41, 5.74) is 8.35. The number of aryl methyl sites for hydroxylation is 1. The molecule has 4 N–H and O–H groups in total. The van der Waals surface area contributed by atoms with Gasteiger partial charge in [0.25, 0.3) is 0 Å². The van der Waals surface area contributed by atoms with Gasteiger partial charge in [0.2, 0.25) is 11.8 Å². The standard InChI is InChI=1S/C19H29N3O2.ClH/c1-3-17(23)21-15-8-7-14(2)16(11-15)22-18(24)12-19(13-20)9-5-4-6-10-19;/h7-8,11H,3-6,9-10,12-13,20H2,1-2H3,(H,21,23)(H,22,24);1H. The molecule has 1 aromatic rings. The van der Waals surface area contributed by atoms with Crippen molar-refractivity contribution in [2.24, 2.45) is 11.1 Å². The third-order valence-corrected chi connectivity index (χ3v) is 5.00. The van der Waals surface area contributed by atoms with Crippen LogP contribution in [-0.4, -0.2) is 18.4 Å². The fourth-order valence-corrected chi connectivity index (χ4v) is 3.37. The van der Waals surface area contributed by atoms with Gasteiger partial charge in [-0.25, -0.2) is 0 Å².